The molecular weight excluding hydrogens is 694 g/mol. The second-order valence-electron chi connectivity index (χ2n) is 13.3. The minimum Gasteiger partial charge on any atom is -0.497 e. The van der Waals surface area contributed by atoms with E-state index >= 15 is 4.79 Å². The van der Waals surface area contributed by atoms with Crippen LogP contribution in [0.2, 0.25) is 5.02 Å². The third-order valence-electron chi connectivity index (χ3n) is 9.55. The zero-order chi connectivity index (χ0) is 37.1. The lowest BCUT2D eigenvalue weighted by atomic mass is 9.80. The molecule has 0 aromatic heterocycles. The number of hydrogen-bond donors (Lipinski definition) is 1. The molecular formula is C37H48ClN5O7S. The minimum absolute atomic E-state index is 0.00762. The molecule has 14 heteroatoms. The SMILES string of the molecule is COc1ccc(S(=O)(=O)N2C(=O)[C@](c3cc(CNCCCCN(C)C)ccc3OC)(N3CCCC3C(=O)N(C)C)c3cc(Cl)ccc32)c(OC)c1. The Hall–Kier alpha value is -3.88. The standard InChI is InChI=1S/C37H48ClN5O7S/c1-40(2)19-9-8-18-39-24-25-12-16-32(49-6)29(21-25)37(42-20-10-11-31(42)35(44)41(3)4)28-22-26(38)13-15-30(28)43(36(37)45)51(46,47)34-17-14-27(48-5)23-33(34)50-7/h12-17,21-23,31,39H,8-11,18-20,24H2,1-7H3/t31?,37-/m0/s1. The first-order valence-corrected chi connectivity index (χ1v) is 18.8. The van der Waals surface area contributed by atoms with Crippen LogP contribution in [-0.4, -0.2) is 110 Å². The molecule has 12 nitrogen and oxygen atoms in total. The van der Waals surface area contributed by atoms with E-state index in [1.54, 1.807) is 32.3 Å². The monoisotopic (exact) mass is 741 g/mol. The summed E-state index contributed by atoms with van der Waals surface area (Å²) in [5.41, 5.74) is -0.0732. The summed E-state index contributed by atoms with van der Waals surface area (Å²) >= 11 is 6.69. The van der Waals surface area contributed by atoms with Gasteiger partial charge in [0.25, 0.3) is 15.9 Å². The van der Waals surface area contributed by atoms with Crippen LogP contribution in [0.3, 0.4) is 0 Å². The van der Waals surface area contributed by atoms with Crippen LogP contribution in [0.15, 0.2) is 59.5 Å². The molecule has 1 unspecified atom stereocenters. The van der Waals surface area contributed by atoms with E-state index in [1.165, 1.54) is 50.5 Å². The van der Waals surface area contributed by atoms with E-state index in [9.17, 15) is 13.2 Å². The Morgan fingerprint density at radius 2 is 1.69 bits per heavy atom. The van der Waals surface area contributed by atoms with Gasteiger partial charge < -0.3 is 29.3 Å². The number of fused-ring (bicyclic) bond motifs is 1. The highest BCUT2D eigenvalue weighted by Crippen LogP contribution is 2.55. The third kappa shape index (κ3) is 7.14. The first kappa shape index (κ1) is 38.4. The van der Waals surface area contributed by atoms with E-state index < -0.39 is 27.5 Å². The molecule has 2 amide bonds. The van der Waals surface area contributed by atoms with Crippen LogP contribution in [0.1, 0.15) is 42.4 Å². The van der Waals surface area contributed by atoms with E-state index in [0.717, 1.165) is 35.8 Å². The molecule has 276 valence electrons. The van der Waals surface area contributed by atoms with Crippen molar-refractivity contribution in [2.45, 2.75) is 48.7 Å². The van der Waals surface area contributed by atoms with Crippen molar-refractivity contribution < 1.29 is 32.2 Å². The van der Waals surface area contributed by atoms with Crippen LogP contribution in [0.5, 0.6) is 17.2 Å². The van der Waals surface area contributed by atoms with Gasteiger partial charge in [0.05, 0.1) is 33.1 Å². The van der Waals surface area contributed by atoms with Gasteiger partial charge in [-0.2, -0.15) is 0 Å². The van der Waals surface area contributed by atoms with Gasteiger partial charge in [0.2, 0.25) is 5.91 Å². The number of benzene rings is 3. The summed E-state index contributed by atoms with van der Waals surface area (Å²) in [6, 6.07) is 13.9. The van der Waals surface area contributed by atoms with Crippen LogP contribution in [0, 0.1) is 0 Å². The molecule has 1 N–H and O–H groups in total. The summed E-state index contributed by atoms with van der Waals surface area (Å²) in [6.07, 6.45) is 3.10. The molecule has 2 atom stereocenters. The van der Waals surface area contributed by atoms with Crippen LogP contribution in [0.4, 0.5) is 5.69 Å². The fourth-order valence-corrected chi connectivity index (χ4v) is 8.92. The number of amides is 2. The second kappa shape index (κ2) is 15.8. The maximum absolute atomic E-state index is 15.6. The van der Waals surface area contributed by atoms with Crippen LogP contribution in [-0.2, 0) is 31.7 Å². The molecule has 1 fully saturated rings. The Kier molecular flexibility index (Phi) is 11.9. The van der Waals surface area contributed by atoms with Crippen molar-refractivity contribution in [3.8, 4) is 17.2 Å². The van der Waals surface area contributed by atoms with Gasteiger partial charge in [-0.25, -0.2) is 12.7 Å². The van der Waals surface area contributed by atoms with Gasteiger partial charge in [0.1, 0.15) is 22.1 Å². The summed E-state index contributed by atoms with van der Waals surface area (Å²) in [5.74, 6) is -0.212. The second-order valence-corrected chi connectivity index (χ2v) is 15.5. The van der Waals surface area contributed by atoms with Gasteiger partial charge in [-0.05, 0) is 101 Å². The summed E-state index contributed by atoms with van der Waals surface area (Å²) < 4.78 is 47.3. The smallest absolute Gasteiger partial charge is 0.274 e. The van der Waals surface area contributed by atoms with Crippen molar-refractivity contribution in [2.75, 3.05) is 73.5 Å². The minimum atomic E-state index is -4.62. The molecule has 0 spiro atoms. The van der Waals surface area contributed by atoms with E-state index in [4.69, 9.17) is 25.8 Å². The number of hydrogen-bond acceptors (Lipinski definition) is 10. The van der Waals surface area contributed by atoms with Gasteiger partial charge in [-0.1, -0.05) is 17.7 Å². The Bertz CT molecular complexity index is 1870. The number of sulfonamides is 1. The molecule has 0 aliphatic carbocycles. The highest BCUT2D eigenvalue weighted by atomic mass is 35.5. The van der Waals surface area contributed by atoms with Crippen molar-refractivity contribution in [1.82, 2.24) is 20.0 Å². The quantitative estimate of drug-likeness (QED) is 0.226. The molecule has 51 heavy (non-hydrogen) atoms. The van der Waals surface area contributed by atoms with Gasteiger partial charge in [0.15, 0.2) is 5.54 Å². The summed E-state index contributed by atoms with van der Waals surface area (Å²) in [5, 5.41) is 3.80. The number of rotatable bonds is 15. The van der Waals surface area contributed by atoms with E-state index in [0.29, 0.717) is 53.6 Å². The fourth-order valence-electron chi connectivity index (χ4n) is 7.15. The lowest BCUT2D eigenvalue weighted by Gasteiger charge is -2.42. The Labute approximate surface area is 306 Å². The molecule has 0 bridgehead atoms. The lowest BCUT2D eigenvalue weighted by Crippen LogP contribution is -2.59. The molecule has 2 aliphatic rings. The predicted octanol–water partition coefficient (Wildman–Crippen LogP) is 4.33. The number of unbranched alkanes of at least 4 members (excludes halogenated alkanes) is 1. The van der Waals surface area contributed by atoms with Crippen molar-refractivity contribution in [3.63, 3.8) is 0 Å². The van der Waals surface area contributed by atoms with Crippen molar-refractivity contribution in [1.29, 1.82) is 0 Å². The zero-order valence-corrected chi connectivity index (χ0v) is 31.9. The highest BCUT2D eigenvalue weighted by Gasteiger charge is 2.63. The molecule has 3 aromatic rings. The number of likely N-dealkylation sites (tertiary alicyclic amines) is 1. The normalized spacial score (nSPS) is 19.0. The molecule has 5 rings (SSSR count). The van der Waals surface area contributed by atoms with Gasteiger partial charge >= 0.3 is 0 Å². The van der Waals surface area contributed by atoms with Crippen molar-refractivity contribution in [2.24, 2.45) is 0 Å². The van der Waals surface area contributed by atoms with Gasteiger partial charge in [-0.15, -0.1) is 0 Å². The number of likely N-dealkylation sites (N-methyl/N-ethyl adjacent to an activating group) is 1. The maximum atomic E-state index is 15.6. The maximum Gasteiger partial charge on any atom is 0.274 e. The molecule has 1 saturated heterocycles. The molecule has 2 aliphatic heterocycles. The summed E-state index contributed by atoms with van der Waals surface area (Å²) in [6.45, 7) is 2.61. The topological polar surface area (TPSA) is 121 Å². The summed E-state index contributed by atoms with van der Waals surface area (Å²) in [4.78, 5) is 34.7. The Morgan fingerprint density at radius 3 is 2.35 bits per heavy atom. The van der Waals surface area contributed by atoms with Crippen LogP contribution < -0.4 is 23.8 Å². The Balaban J connectivity index is 1.74. The number of nitrogens with one attached hydrogen (secondary N) is 1. The number of halogens is 1. The van der Waals surface area contributed by atoms with E-state index in [1.807, 2.05) is 17.0 Å². The van der Waals surface area contributed by atoms with Crippen molar-refractivity contribution >= 4 is 39.1 Å². The first-order chi connectivity index (χ1) is 24.3. The zero-order valence-electron chi connectivity index (χ0n) is 30.4. The largest absolute Gasteiger partial charge is 0.497 e. The van der Waals surface area contributed by atoms with Crippen LogP contribution in [0.25, 0.3) is 0 Å². The average Bonchev–Trinajstić information content (AvgIpc) is 3.69. The fraction of sp³-hybridized carbons (Fsp3) is 0.459. The number of carbonyl (C=O) groups is 2. The highest BCUT2D eigenvalue weighted by molar-refractivity contribution is 7.93. The first-order valence-electron chi connectivity index (χ1n) is 17.0. The third-order valence-corrected chi connectivity index (χ3v) is 11.5. The van der Waals surface area contributed by atoms with Crippen LogP contribution >= 0.6 is 11.6 Å². The number of carbonyl (C=O) groups excluding carboxylic acids is 2. The number of ether oxygens (including phenoxy) is 3. The average molecular weight is 742 g/mol. The van der Waals surface area contributed by atoms with Gasteiger partial charge in [0, 0.05) is 49.4 Å². The van der Waals surface area contributed by atoms with Gasteiger partial charge in [-0.3, -0.25) is 14.5 Å². The van der Waals surface area contributed by atoms with Crippen molar-refractivity contribution in [3.05, 3.63) is 76.3 Å². The number of nitrogens with zero attached hydrogens (tertiary/aromatic N) is 4. The molecule has 2 heterocycles. The lowest BCUT2D eigenvalue weighted by molar-refractivity contribution is -0.138. The predicted molar refractivity (Wildman–Crippen MR) is 197 cm³/mol. The van der Waals surface area contributed by atoms with E-state index in [2.05, 4.69) is 24.3 Å². The molecule has 3 aromatic carbocycles. The molecule has 0 radical (unpaired) electrons. The van der Waals surface area contributed by atoms with E-state index in [-0.39, 0.29) is 22.2 Å². The summed E-state index contributed by atoms with van der Waals surface area (Å²) in [7, 11) is 7.15. The molecule has 0 saturated carbocycles. The number of methoxy groups -OCH3 is 3. The Morgan fingerprint density at radius 1 is 0.941 bits per heavy atom. The number of anilines is 1.